The van der Waals surface area contributed by atoms with E-state index in [1.807, 2.05) is 121 Å². The first kappa shape index (κ1) is 32.4. The zero-order valence-corrected chi connectivity index (χ0v) is 27.4. The van der Waals surface area contributed by atoms with Crippen LogP contribution in [0.25, 0.3) is 44.6 Å². The average molecular weight is 671 g/mol. The van der Waals surface area contributed by atoms with Gasteiger partial charge in [-0.25, -0.2) is 9.97 Å². The normalized spacial score (nSPS) is 11.2. The number of aromatic nitrogens is 4. The highest BCUT2D eigenvalue weighted by Crippen LogP contribution is 2.20. The smallest absolute Gasteiger partial charge is 0.282 e. The van der Waals surface area contributed by atoms with Gasteiger partial charge in [0.05, 0.1) is 53.9 Å². The van der Waals surface area contributed by atoms with Gasteiger partial charge in [0.2, 0.25) is 0 Å². The summed E-state index contributed by atoms with van der Waals surface area (Å²) in [6, 6.07) is 42.9. The second-order valence-corrected chi connectivity index (χ2v) is 11.2. The van der Waals surface area contributed by atoms with E-state index in [1.165, 1.54) is 9.35 Å². The third-order valence-corrected chi connectivity index (χ3v) is 7.88. The first-order chi connectivity index (χ1) is 25.1. The molecular formula is C41H30N6O4. The molecule has 0 unspecified atom stereocenters. The molecule has 0 radical (unpaired) electrons. The van der Waals surface area contributed by atoms with Gasteiger partial charge in [0, 0.05) is 16.7 Å². The third kappa shape index (κ3) is 7.15. The fraction of sp³-hybridized carbons (Fsp3) is 0.0244. The van der Waals surface area contributed by atoms with Gasteiger partial charge in [-0.15, -0.1) is 0 Å². The second-order valence-electron chi connectivity index (χ2n) is 11.2. The zero-order chi connectivity index (χ0) is 35.0. The highest BCUT2D eigenvalue weighted by molar-refractivity contribution is 5.83. The number of furan rings is 1. The van der Waals surface area contributed by atoms with Crippen molar-refractivity contribution >= 4 is 34.2 Å². The monoisotopic (exact) mass is 670 g/mol. The van der Waals surface area contributed by atoms with E-state index in [4.69, 9.17) is 9.15 Å². The Hall–Kier alpha value is -7.20. The van der Waals surface area contributed by atoms with Gasteiger partial charge >= 0.3 is 0 Å². The van der Waals surface area contributed by atoms with E-state index in [2.05, 4.69) is 20.2 Å². The predicted molar refractivity (Wildman–Crippen MR) is 201 cm³/mol. The molecule has 8 aromatic rings. The molecule has 0 atom stereocenters. The molecular weight excluding hydrogens is 640 g/mol. The number of fused-ring (bicyclic) bond motifs is 2. The number of para-hydroxylation sites is 2. The number of nitrogens with zero attached hydrogens (tertiary/aromatic N) is 6. The van der Waals surface area contributed by atoms with Gasteiger partial charge in [0.25, 0.3) is 11.1 Å². The summed E-state index contributed by atoms with van der Waals surface area (Å²) in [6.07, 6.45) is 6.34. The molecule has 0 aliphatic carbocycles. The molecule has 10 heteroatoms. The van der Waals surface area contributed by atoms with Crippen molar-refractivity contribution in [1.29, 1.82) is 0 Å². The Bertz CT molecular complexity index is 2600. The molecule has 0 N–H and O–H groups in total. The number of benzene rings is 5. The Kier molecular flexibility index (Phi) is 9.46. The van der Waals surface area contributed by atoms with Crippen LogP contribution in [0.3, 0.4) is 0 Å². The highest BCUT2D eigenvalue weighted by Gasteiger charge is 2.13. The van der Waals surface area contributed by atoms with Crippen molar-refractivity contribution in [1.82, 2.24) is 19.3 Å². The molecule has 0 amide bonds. The van der Waals surface area contributed by atoms with Crippen LogP contribution >= 0.6 is 0 Å². The lowest BCUT2D eigenvalue weighted by Gasteiger charge is -2.09. The molecule has 0 aliphatic heterocycles. The van der Waals surface area contributed by atoms with Crippen molar-refractivity contribution in [3.05, 3.63) is 184 Å². The maximum Gasteiger partial charge on any atom is 0.282 e. The van der Waals surface area contributed by atoms with Gasteiger partial charge in [0.15, 0.2) is 11.6 Å². The first-order valence-electron chi connectivity index (χ1n) is 16.0. The van der Waals surface area contributed by atoms with Crippen molar-refractivity contribution in [3.63, 3.8) is 0 Å². The summed E-state index contributed by atoms with van der Waals surface area (Å²) < 4.78 is 12.9. The van der Waals surface area contributed by atoms with Crippen molar-refractivity contribution in [2.75, 3.05) is 7.11 Å². The van der Waals surface area contributed by atoms with E-state index in [9.17, 15) is 9.59 Å². The van der Waals surface area contributed by atoms with E-state index >= 15 is 0 Å². The quantitative estimate of drug-likeness (QED) is 0.162. The molecule has 8 rings (SSSR count). The molecule has 0 bridgehead atoms. The van der Waals surface area contributed by atoms with Gasteiger partial charge in [-0.1, -0.05) is 84.9 Å². The van der Waals surface area contributed by atoms with E-state index in [1.54, 1.807) is 50.3 Å². The predicted octanol–water partition coefficient (Wildman–Crippen LogP) is 7.49. The number of rotatable bonds is 7. The van der Waals surface area contributed by atoms with Gasteiger partial charge in [-0.05, 0) is 60.2 Å². The molecule has 0 saturated carbocycles. The number of methoxy groups -OCH3 is 1. The molecule has 0 aliphatic rings. The van der Waals surface area contributed by atoms with E-state index in [0.717, 1.165) is 28.0 Å². The molecule has 10 nitrogen and oxygen atoms in total. The van der Waals surface area contributed by atoms with Crippen LogP contribution in [-0.4, -0.2) is 38.9 Å². The molecule has 3 heterocycles. The van der Waals surface area contributed by atoms with E-state index in [0.29, 0.717) is 33.5 Å². The van der Waals surface area contributed by atoms with Crippen LogP contribution in [0.2, 0.25) is 0 Å². The Morgan fingerprint density at radius 1 is 0.569 bits per heavy atom. The number of hydrogen-bond acceptors (Lipinski definition) is 8. The van der Waals surface area contributed by atoms with Crippen molar-refractivity contribution in [3.8, 4) is 28.5 Å². The van der Waals surface area contributed by atoms with Crippen LogP contribution in [0.5, 0.6) is 5.75 Å². The summed E-state index contributed by atoms with van der Waals surface area (Å²) >= 11 is 0. The SMILES string of the molecule is COc1ccc(C=Nn2c(-c3ccccc3)nc3ccccc3c2=O)cc1.O=c1c2ccccc2nc(-c2ccccc2)n1N=Cc1ccoc1. The Morgan fingerprint density at radius 2 is 1.04 bits per heavy atom. The van der Waals surface area contributed by atoms with Gasteiger partial charge in [0.1, 0.15) is 5.75 Å². The lowest BCUT2D eigenvalue weighted by Crippen LogP contribution is -2.20. The first-order valence-corrected chi connectivity index (χ1v) is 16.0. The van der Waals surface area contributed by atoms with Crippen LogP contribution in [0.15, 0.2) is 176 Å². The Balaban J connectivity index is 0.000000160. The van der Waals surface area contributed by atoms with Crippen LogP contribution in [-0.2, 0) is 0 Å². The second kappa shape index (κ2) is 14.9. The van der Waals surface area contributed by atoms with Crippen molar-refractivity contribution < 1.29 is 9.15 Å². The summed E-state index contributed by atoms with van der Waals surface area (Å²) in [4.78, 5) is 35.2. The summed E-state index contributed by atoms with van der Waals surface area (Å²) in [5.74, 6) is 1.77. The average Bonchev–Trinajstić information content (AvgIpc) is 3.72. The lowest BCUT2D eigenvalue weighted by atomic mass is 10.2. The van der Waals surface area contributed by atoms with Gasteiger partial charge < -0.3 is 9.15 Å². The third-order valence-electron chi connectivity index (χ3n) is 7.88. The maximum absolute atomic E-state index is 13.0. The van der Waals surface area contributed by atoms with Crippen LogP contribution < -0.4 is 15.9 Å². The van der Waals surface area contributed by atoms with E-state index < -0.39 is 0 Å². The molecule has 3 aromatic heterocycles. The fourth-order valence-corrected chi connectivity index (χ4v) is 5.30. The lowest BCUT2D eigenvalue weighted by molar-refractivity contribution is 0.415. The molecule has 5 aromatic carbocycles. The number of ether oxygens (including phenoxy) is 1. The molecule has 0 fully saturated rings. The minimum atomic E-state index is -0.209. The zero-order valence-electron chi connectivity index (χ0n) is 27.4. The van der Waals surface area contributed by atoms with Crippen LogP contribution in [0.4, 0.5) is 0 Å². The largest absolute Gasteiger partial charge is 0.497 e. The summed E-state index contributed by atoms with van der Waals surface area (Å²) in [6.45, 7) is 0. The molecule has 248 valence electrons. The minimum Gasteiger partial charge on any atom is -0.497 e. The molecule has 0 spiro atoms. The van der Waals surface area contributed by atoms with Crippen LogP contribution in [0.1, 0.15) is 11.1 Å². The summed E-state index contributed by atoms with van der Waals surface area (Å²) in [5, 5.41) is 9.83. The summed E-state index contributed by atoms with van der Waals surface area (Å²) in [5.41, 5.74) is 4.16. The van der Waals surface area contributed by atoms with Crippen molar-refractivity contribution in [2.45, 2.75) is 0 Å². The molecule has 0 saturated heterocycles. The molecule has 51 heavy (non-hydrogen) atoms. The van der Waals surface area contributed by atoms with Crippen LogP contribution in [0, 0.1) is 0 Å². The topological polar surface area (TPSA) is 117 Å². The van der Waals surface area contributed by atoms with E-state index in [-0.39, 0.29) is 11.1 Å². The minimum absolute atomic E-state index is 0.204. The fourth-order valence-electron chi connectivity index (χ4n) is 5.30. The van der Waals surface area contributed by atoms with Crippen molar-refractivity contribution in [2.24, 2.45) is 10.2 Å². The van der Waals surface area contributed by atoms with Gasteiger partial charge in [-0.2, -0.15) is 19.6 Å². The Morgan fingerprint density at radius 3 is 1.51 bits per heavy atom. The number of hydrogen-bond donors (Lipinski definition) is 0. The standard InChI is InChI=1S/C22H17N3O2.C19H13N3O2/c1-27-18-13-11-16(12-14-18)15-23-25-21(17-7-3-2-4-8-17)24-20-10-6-5-9-19(20)22(25)26;23-19-16-8-4-5-9-17(16)21-18(15-6-2-1-3-7-15)22(19)20-12-14-10-11-24-13-14/h2-15H,1H3;1-13H. The summed E-state index contributed by atoms with van der Waals surface area (Å²) in [7, 11) is 1.62. The maximum atomic E-state index is 13.0. The van der Waals surface area contributed by atoms with Gasteiger partial charge in [-0.3, -0.25) is 9.59 Å². The highest BCUT2D eigenvalue weighted by atomic mass is 16.5. The Labute approximate surface area is 291 Å².